The van der Waals surface area contributed by atoms with E-state index in [4.69, 9.17) is 20.5 Å². The van der Waals surface area contributed by atoms with Gasteiger partial charge in [0.2, 0.25) is 11.8 Å². The van der Waals surface area contributed by atoms with Crippen LogP contribution in [0.25, 0.3) is 6.08 Å². The van der Waals surface area contributed by atoms with E-state index >= 15 is 0 Å². The molecule has 1 N–H and O–H groups in total. The molecule has 0 atom stereocenters. The molecule has 0 aromatic heterocycles. The molecule has 1 heterocycles. The molecule has 0 aliphatic carbocycles. The molecular weight excluding hydrogens is 480 g/mol. The van der Waals surface area contributed by atoms with Gasteiger partial charge in [-0.3, -0.25) is 4.79 Å². The predicted molar refractivity (Wildman–Crippen MR) is 127 cm³/mol. The Morgan fingerprint density at radius 3 is 2.26 bits per heavy atom. The molecular formula is C24H17ClN2O6S. The first kappa shape index (κ1) is 23.2. The number of hydrogen-bond donors (Lipinski definition) is 1. The van der Waals surface area contributed by atoms with Gasteiger partial charge in [0.15, 0.2) is 5.70 Å². The number of cyclic esters (lactones) is 1. The van der Waals surface area contributed by atoms with Crippen molar-refractivity contribution in [3.8, 4) is 5.75 Å². The van der Waals surface area contributed by atoms with Gasteiger partial charge in [-0.15, -0.1) is 0 Å². The molecule has 172 valence electrons. The van der Waals surface area contributed by atoms with Crippen LogP contribution in [0.15, 0.2) is 88.4 Å². The summed E-state index contributed by atoms with van der Waals surface area (Å²) in [5.41, 5.74) is 1.78. The van der Waals surface area contributed by atoms with E-state index in [1.807, 2.05) is 0 Å². The summed E-state index contributed by atoms with van der Waals surface area (Å²) in [4.78, 5) is 27.4. The van der Waals surface area contributed by atoms with Crippen molar-refractivity contribution in [2.24, 2.45) is 4.99 Å². The summed E-state index contributed by atoms with van der Waals surface area (Å²) in [7, 11) is -4.08. The minimum atomic E-state index is -4.08. The lowest BCUT2D eigenvalue weighted by atomic mass is 10.2. The normalized spacial score (nSPS) is 14.5. The third-order valence-electron chi connectivity index (χ3n) is 4.56. The minimum Gasteiger partial charge on any atom is -0.402 e. The third kappa shape index (κ3) is 5.51. The standard InChI is InChI=1S/C24H17ClN2O6S/c1-15(28)26-19-8-12-21(13-9-19)34(30,31)33-20-10-2-16(3-11-20)14-22-24(29)32-23(27-22)17-4-6-18(25)7-5-17/h2-14H,1H3,(H,26,28). The number of nitrogens with zero attached hydrogens (tertiary/aromatic N) is 1. The zero-order valence-electron chi connectivity index (χ0n) is 17.7. The van der Waals surface area contributed by atoms with Crippen molar-refractivity contribution >= 4 is 51.3 Å². The van der Waals surface area contributed by atoms with Crippen molar-refractivity contribution in [2.45, 2.75) is 11.8 Å². The first-order valence-electron chi connectivity index (χ1n) is 9.90. The van der Waals surface area contributed by atoms with Crippen LogP contribution in [0.3, 0.4) is 0 Å². The number of benzene rings is 3. The Labute approximate surface area is 200 Å². The summed E-state index contributed by atoms with van der Waals surface area (Å²) in [6, 6.07) is 18.4. The summed E-state index contributed by atoms with van der Waals surface area (Å²) >= 11 is 5.87. The van der Waals surface area contributed by atoms with Crippen molar-refractivity contribution in [1.82, 2.24) is 0 Å². The average molecular weight is 497 g/mol. The van der Waals surface area contributed by atoms with E-state index in [2.05, 4.69) is 10.3 Å². The van der Waals surface area contributed by atoms with E-state index < -0.39 is 16.1 Å². The number of ether oxygens (including phenoxy) is 1. The van der Waals surface area contributed by atoms with Crippen LogP contribution >= 0.6 is 11.6 Å². The fourth-order valence-electron chi connectivity index (χ4n) is 2.99. The Morgan fingerprint density at radius 2 is 1.65 bits per heavy atom. The van der Waals surface area contributed by atoms with Gasteiger partial charge in [-0.05, 0) is 72.3 Å². The third-order valence-corrected chi connectivity index (χ3v) is 6.08. The quantitative estimate of drug-likeness (QED) is 0.307. The fraction of sp³-hybridized carbons (Fsp3) is 0.0417. The van der Waals surface area contributed by atoms with E-state index in [0.29, 0.717) is 21.8 Å². The van der Waals surface area contributed by atoms with Gasteiger partial charge in [-0.25, -0.2) is 9.79 Å². The van der Waals surface area contributed by atoms with Crippen LogP contribution in [0.5, 0.6) is 5.75 Å². The number of carbonyl (C=O) groups is 2. The molecule has 1 amide bonds. The van der Waals surface area contributed by atoms with Crippen molar-refractivity contribution < 1.29 is 26.9 Å². The number of anilines is 1. The Balaban J connectivity index is 1.47. The molecule has 0 saturated carbocycles. The van der Waals surface area contributed by atoms with Crippen LogP contribution in [0.2, 0.25) is 5.02 Å². The Bertz CT molecular complexity index is 1410. The van der Waals surface area contributed by atoms with Gasteiger partial charge in [0, 0.05) is 23.2 Å². The number of carbonyl (C=O) groups excluding carboxylic acids is 2. The number of hydrogen-bond acceptors (Lipinski definition) is 7. The molecule has 3 aromatic carbocycles. The summed E-state index contributed by atoms with van der Waals surface area (Å²) in [6.45, 7) is 1.36. The summed E-state index contributed by atoms with van der Waals surface area (Å²) in [5.74, 6) is -0.605. The molecule has 10 heteroatoms. The molecule has 0 saturated heterocycles. The molecule has 0 radical (unpaired) electrons. The van der Waals surface area contributed by atoms with E-state index in [-0.39, 0.29) is 28.1 Å². The van der Waals surface area contributed by atoms with Gasteiger partial charge in [0.25, 0.3) is 0 Å². The lowest BCUT2D eigenvalue weighted by Gasteiger charge is -2.08. The van der Waals surface area contributed by atoms with Gasteiger partial charge in [0.1, 0.15) is 10.6 Å². The zero-order valence-corrected chi connectivity index (χ0v) is 19.3. The monoisotopic (exact) mass is 496 g/mol. The minimum absolute atomic E-state index is 0.0643. The van der Waals surface area contributed by atoms with Crippen LogP contribution in [-0.2, 0) is 24.4 Å². The molecule has 0 fully saturated rings. The van der Waals surface area contributed by atoms with Crippen molar-refractivity contribution in [3.63, 3.8) is 0 Å². The number of aliphatic imine (C=N–C) groups is 1. The van der Waals surface area contributed by atoms with Crippen LogP contribution in [0.1, 0.15) is 18.1 Å². The van der Waals surface area contributed by atoms with Gasteiger partial charge in [0.05, 0.1) is 0 Å². The highest BCUT2D eigenvalue weighted by atomic mass is 35.5. The number of esters is 1. The Morgan fingerprint density at radius 1 is 1.00 bits per heavy atom. The van der Waals surface area contributed by atoms with Crippen molar-refractivity contribution in [3.05, 3.63) is 94.6 Å². The molecule has 0 bridgehead atoms. The van der Waals surface area contributed by atoms with Crippen LogP contribution < -0.4 is 9.50 Å². The van der Waals surface area contributed by atoms with Crippen LogP contribution in [0.4, 0.5) is 5.69 Å². The topological polar surface area (TPSA) is 111 Å². The van der Waals surface area contributed by atoms with Gasteiger partial charge >= 0.3 is 16.1 Å². The van der Waals surface area contributed by atoms with E-state index in [1.165, 1.54) is 49.4 Å². The van der Waals surface area contributed by atoms with E-state index in [9.17, 15) is 18.0 Å². The lowest BCUT2D eigenvalue weighted by Crippen LogP contribution is -2.10. The Kier molecular flexibility index (Phi) is 6.49. The summed E-state index contributed by atoms with van der Waals surface area (Å²) in [5, 5.41) is 3.11. The molecule has 0 unspecified atom stereocenters. The highest BCUT2D eigenvalue weighted by Gasteiger charge is 2.24. The van der Waals surface area contributed by atoms with E-state index in [1.54, 1.807) is 36.4 Å². The van der Waals surface area contributed by atoms with Crippen LogP contribution in [0, 0.1) is 0 Å². The predicted octanol–water partition coefficient (Wildman–Crippen LogP) is 4.41. The maximum absolute atomic E-state index is 12.5. The second-order valence-corrected chi connectivity index (χ2v) is 9.14. The highest BCUT2D eigenvalue weighted by molar-refractivity contribution is 7.87. The molecule has 4 rings (SSSR count). The molecule has 1 aliphatic heterocycles. The van der Waals surface area contributed by atoms with Gasteiger partial charge < -0.3 is 14.2 Å². The van der Waals surface area contributed by atoms with Gasteiger partial charge in [-0.1, -0.05) is 23.7 Å². The number of halogens is 1. The molecule has 0 spiro atoms. The number of amides is 1. The fourth-order valence-corrected chi connectivity index (χ4v) is 4.04. The maximum Gasteiger partial charge on any atom is 0.363 e. The first-order chi connectivity index (χ1) is 16.2. The number of nitrogens with one attached hydrogen (secondary N) is 1. The number of rotatable bonds is 6. The molecule has 3 aromatic rings. The zero-order chi connectivity index (χ0) is 24.3. The van der Waals surface area contributed by atoms with E-state index in [0.717, 1.165) is 0 Å². The summed E-state index contributed by atoms with van der Waals surface area (Å²) < 4.78 is 35.4. The largest absolute Gasteiger partial charge is 0.402 e. The van der Waals surface area contributed by atoms with Crippen molar-refractivity contribution in [1.29, 1.82) is 0 Å². The highest BCUT2D eigenvalue weighted by Crippen LogP contribution is 2.24. The smallest absolute Gasteiger partial charge is 0.363 e. The first-order valence-corrected chi connectivity index (χ1v) is 11.7. The summed E-state index contributed by atoms with van der Waals surface area (Å²) in [6.07, 6.45) is 1.52. The Hall–Kier alpha value is -3.95. The van der Waals surface area contributed by atoms with Crippen LogP contribution in [-0.4, -0.2) is 26.2 Å². The SMILES string of the molecule is CC(=O)Nc1ccc(S(=O)(=O)Oc2ccc(C=C3N=C(c4ccc(Cl)cc4)OC3=O)cc2)cc1. The maximum atomic E-state index is 12.5. The second-order valence-electron chi connectivity index (χ2n) is 7.16. The molecule has 34 heavy (non-hydrogen) atoms. The molecule has 8 nitrogen and oxygen atoms in total. The second kappa shape index (κ2) is 9.50. The molecule has 1 aliphatic rings. The lowest BCUT2D eigenvalue weighted by molar-refractivity contribution is -0.129. The van der Waals surface area contributed by atoms with Crippen molar-refractivity contribution in [2.75, 3.05) is 5.32 Å². The van der Waals surface area contributed by atoms with Gasteiger partial charge in [-0.2, -0.15) is 8.42 Å². The average Bonchev–Trinajstić information content (AvgIpc) is 3.15.